The van der Waals surface area contributed by atoms with E-state index >= 15 is 0 Å². The van der Waals surface area contributed by atoms with Crippen LogP contribution in [0.5, 0.6) is 5.75 Å². The molecule has 0 aliphatic rings. The molecule has 11 heteroatoms. The van der Waals surface area contributed by atoms with Gasteiger partial charge in [0.25, 0.3) is 11.5 Å². The first-order valence-electron chi connectivity index (χ1n) is 13.2. The number of hydrogen-bond donors (Lipinski definition) is 0. The molecule has 0 bridgehead atoms. The second-order valence-electron chi connectivity index (χ2n) is 9.36. The van der Waals surface area contributed by atoms with Crippen molar-refractivity contribution in [2.24, 2.45) is 4.99 Å². The minimum Gasteiger partial charge on any atom is -0.479 e. The lowest BCUT2D eigenvalue weighted by Gasteiger charge is -2.16. The molecule has 42 heavy (non-hydrogen) atoms. The summed E-state index contributed by atoms with van der Waals surface area (Å²) in [5.74, 6) is -1.16. The fourth-order valence-corrected chi connectivity index (χ4v) is 4.91. The van der Waals surface area contributed by atoms with E-state index in [1.54, 1.807) is 48.0 Å². The van der Waals surface area contributed by atoms with E-state index in [0.717, 1.165) is 5.56 Å². The Morgan fingerprint density at radius 1 is 1.02 bits per heavy atom. The number of fused-ring (bicyclic) bond motifs is 2. The van der Waals surface area contributed by atoms with Crippen molar-refractivity contribution < 1.29 is 19.1 Å². The van der Waals surface area contributed by atoms with Gasteiger partial charge in [0.15, 0.2) is 11.6 Å². The summed E-state index contributed by atoms with van der Waals surface area (Å²) in [6, 6.07) is 20.9. The summed E-state index contributed by atoms with van der Waals surface area (Å²) in [6.07, 6.45) is 1.03. The van der Waals surface area contributed by atoms with Crippen molar-refractivity contribution in [3.8, 4) is 5.75 Å². The highest BCUT2D eigenvalue weighted by atomic mass is 35.5. The zero-order valence-electron chi connectivity index (χ0n) is 22.8. The third-order valence-corrected chi connectivity index (χ3v) is 7.04. The smallest absolute Gasteiger partial charge is 0.341 e. The van der Waals surface area contributed by atoms with Gasteiger partial charge in [-0.3, -0.25) is 14.0 Å². The monoisotopic (exact) mass is 604 g/mol. The lowest BCUT2D eigenvalue weighted by atomic mass is 10.1. The molecule has 0 spiro atoms. The highest BCUT2D eigenvalue weighted by Crippen LogP contribution is 2.28. The maximum Gasteiger partial charge on any atom is 0.341 e. The maximum atomic E-state index is 13.6. The third kappa shape index (κ3) is 6.07. The lowest BCUT2D eigenvalue weighted by molar-refractivity contribution is -0.124. The van der Waals surface area contributed by atoms with Gasteiger partial charge in [0.1, 0.15) is 22.6 Å². The number of aromatic nitrogens is 3. The number of hydrogen-bond acceptors (Lipinski definition) is 6. The molecule has 1 amide bonds. The Kier molecular flexibility index (Phi) is 8.70. The van der Waals surface area contributed by atoms with Crippen LogP contribution < -0.4 is 15.8 Å². The first-order chi connectivity index (χ1) is 20.3. The highest BCUT2D eigenvalue weighted by molar-refractivity contribution is 6.35. The van der Waals surface area contributed by atoms with E-state index in [2.05, 4.69) is 4.99 Å². The van der Waals surface area contributed by atoms with Crippen LogP contribution in [0.4, 0.5) is 0 Å². The third-order valence-electron chi connectivity index (χ3n) is 6.51. The molecule has 5 aromatic rings. The van der Waals surface area contributed by atoms with Gasteiger partial charge in [0, 0.05) is 17.8 Å². The molecule has 2 aromatic carbocycles. The first kappa shape index (κ1) is 29.0. The number of esters is 1. The van der Waals surface area contributed by atoms with E-state index in [4.69, 9.17) is 37.7 Å². The number of ether oxygens (including phenoxy) is 2. The molecule has 0 fully saturated rings. The second-order valence-corrected chi connectivity index (χ2v) is 10.2. The fraction of sp³-hybridized carbons (Fsp3) is 0.194. The maximum absolute atomic E-state index is 13.6. The fourth-order valence-electron chi connectivity index (χ4n) is 4.46. The molecule has 214 valence electrons. The Hall–Kier alpha value is -4.47. The lowest BCUT2D eigenvalue weighted by Crippen LogP contribution is -2.35. The molecule has 3 heterocycles. The van der Waals surface area contributed by atoms with Gasteiger partial charge in [-0.15, -0.1) is 0 Å². The first-order valence-corrected chi connectivity index (χ1v) is 14.0. The summed E-state index contributed by atoms with van der Waals surface area (Å²) in [5.41, 5.74) is 1.27. The van der Waals surface area contributed by atoms with Crippen molar-refractivity contribution in [1.82, 2.24) is 14.0 Å². The van der Waals surface area contributed by atoms with Crippen molar-refractivity contribution in [1.29, 1.82) is 0 Å². The summed E-state index contributed by atoms with van der Waals surface area (Å²) in [5, 5.41) is 0.828. The number of nitrogens with zero attached hydrogens (tertiary/aromatic N) is 4. The van der Waals surface area contributed by atoms with Gasteiger partial charge >= 0.3 is 5.97 Å². The number of halogens is 2. The predicted octanol–water partition coefficient (Wildman–Crippen LogP) is 5.27. The van der Waals surface area contributed by atoms with Crippen molar-refractivity contribution in [3.05, 3.63) is 116 Å². The molecule has 1 atom stereocenters. The average molecular weight is 605 g/mol. The minimum atomic E-state index is -1.08. The average Bonchev–Trinajstić information content (AvgIpc) is 2.98. The Morgan fingerprint density at radius 2 is 1.79 bits per heavy atom. The van der Waals surface area contributed by atoms with Crippen molar-refractivity contribution >= 4 is 51.8 Å². The molecule has 0 aliphatic carbocycles. The van der Waals surface area contributed by atoms with Gasteiger partial charge in [-0.2, -0.15) is 4.99 Å². The topological polar surface area (TPSA) is 104 Å². The molecule has 0 aliphatic heterocycles. The van der Waals surface area contributed by atoms with Gasteiger partial charge in [-0.1, -0.05) is 59.6 Å². The summed E-state index contributed by atoms with van der Waals surface area (Å²) >= 11 is 12.2. The molecular weight excluding hydrogens is 579 g/mol. The molecule has 0 N–H and O–H groups in total. The summed E-state index contributed by atoms with van der Waals surface area (Å²) in [7, 11) is 0. The van der Waals surface area contributed by atoms with E-state index < -0.39 is 18.0 Å². The number of benzene rings is 2. The number of carbonyl (C=O) groups is 2. The van der Waals surface area contributed by atoms with Crippen LogP contribution in [-0.2, 0) is 22.5 Å². The van der Waals surface area contributed by atoms with E-state index in [1.165, 1.54) is 23.5 Å². The standard InChI is InChI=1S/C31H26Cl2N4O5/c1-3-41-31(40)23-18-22-27(34-26-11-7-8-15-36(26)30(22)39)37(16-14-20-9-5-4-6-10-20)28(23)35-29(38)19(2)42-25-13-12-21(32)17-24(25)33/h4-13,15,17-19H,3,14,16H2,1-2H3/t19-/m1/s1. The number of pyridine rings is 2. The number of carbonyl (C=O) groups excluding carboxylic acids is 2. The van der Waals surface area contributed by atoms with Crippen LogP contribution in [0.2, 0.25) is 10.0 Å². The Balaban J connectivity index is 1.72. The molecule has 0 unspecified atom stereocenters. The van der Waals surface area contributed by atoms with Gasteiger partial charge in [0.2, 0.25) is 0 Å². The summed E-state index contributed by atoms with van der Waals surface area (Å²) in [6.45, 7) is 3.53. The second kappa shape index (κ2) is 12.6. The normalized spacial score (nSPS) is 12.4. The molecular formula is C31H26Cl2N4O5. The van der Waals surface area contributed by atoms with Crippen LogP contribution in [0.15, 0.2) is 88.8 Å². The number of amides is 1. The number of aryl methyl sites for hydroxylation is 2. The van der Waals surface area contributed by atoms with Gasteiger partial charge in [-0.05, 0) is 62.2 Å². The quantitative estimate of drug-likeness (QED) is 0.176. The van der Waals surface area contributed by atoms with Gasteiger partial charge in [-0.25, -0.2) is 9.78 Å². The number of rotatable bonds is 8. The molecule has 0 radical (unpaired) electrons. The molecule has 0 saturated carbocycles. The zero-order chi connectivity index (χ0) is 29.8. The van der Waals surface area contributed by atoms with Crippen LogP contribution in [0.1, 0.15) is 29.8 Å². The molecule has 3 aromatic heterocycles. The summed E-state index contributed by atoms with van der Waals surface area (Å²) < 4.78 is 14.1. The van der Waals surface area contributed by atoms with E-state index in [1.807, 2.05) is 30.3 Å². The van der Waals surface area contributed by atoms with Gasteiger partial charge in [0.05, 0.1) is 17.0 Å². The van der Waals surface area contributed by atoms with Crippen molar-refractivity contribution in [2.75, 3.05) is 6.61 Å². The van der Waals surface area contributed by atoms with E-state index in [-0.39, 0.29) is 51.6 Å². The largest absolute Gasteiger partial charge is 0.479 e. The summed E-state index contributed by atoms with van der Waals surface area (Å²) in [4.78, 5) is 49.4. The predicted molar refractivity (Wildman–Crippen MR) is 160 cm³/mol. The Labute approximate surface area is 250 Å². The van der Waals surface area contributed by atoms with Gasteiger partial charge < -0.3 is 14.0 Å². The van der Waals surface area contributed by atoms with E-state index in [9.17, 15) is 14.4 Å². The van der Waals surface area contributed by atoms with E-state index in [0.29, 0.717) is 17.1 Å². The molecule has 9 nitrogen and oxygen atoms in total. The van der Waals surface area contributed by atoms with Crippen LogP contribution in [-0.4, -0.2) is 38.5 Å². The zero-order valence-corrected chi connectivity index (χ0v) is 24.3. The van der Waals surface area contributed by atoms with Crippen LogP contribution in [0.25, 0.3) is 16.7 Å². The Morgan fingerprint density at radius 3 is 2.52 bits per heavy atom. The van der Waals surface area contributed by atoms with Crippen LogP contribution in [0, 0.1) is 0 Å². The van der Waals surface area contributed by atoms with Crippen molar-refractivity contribution in [3.63, 3.8) is 0 Å². The molecule has 0 saturated heterocycles. The Bertz CT molecular complexity index is 1940. The SMILES string of the molecule is CCOC(=O)c1cc2c(=O)n3ccccc3nc2n(CCc2ccccc2)c1=NC(=O)[C@@H](C)Oc1ccc(Cl)cc1Cl. The molecule has 5 rings (SSSR count). The van der Waals surface area contributed by atoms with Crippen molar-refractivity contribution in [2.45, 2.75) is 32.9 Å². The minimum absolute atomic E-state index is 0.00622. The van der Waals surface area contributed by atoms with Crippen LogP contribution in [0.3, 0.4) is 0 Å². The van der Waals surface area contributed by atoms with Crippen LogP contribution >= 0.6 is 23.2 Å². The highest BCUT2D eigenvalue weighted by Gasteiger charge is 2.22.